The molecule has 0 radical (unpaired) electrons. The first kappa shape index (κ1) is 15.7. The second kappa shape index (κ2) is 6.50. The first-order valence-corrected chi connectivity index (χ1v) is 8.08. The van der Waals surface area contributed by atoms with Gasteiger partial charge in [-0.25, -0.2) is 4.98 Å². The Bertz CT molecular complexity index is 715. The van der Waals surface area contributed by atoms with Crippen molar-refractivity contribution in [1.29, 1.82) is 0 Å². The SMILES string of the molecule is C=C(c1ccnc(N2CCN(C)CC2)c1)c1ccc(C)nc1C. The second-order valence-electron chi connectivity index (χ2n) is 6.26. The summed E-state index contributed by atoms with van der Waals surface area (Å²) in [6.45, 7) is 12.5. The predicted octanol–water partition coefficient (Wildman–Crippen LogP) is 2.91. The van der Waals surface area contributed by atoms with Gasteiger partial charge in [0.15, 0.2) is 0 Å². The van der Waals surface area contributed by atoms with Crippen LogP contribution >= 0.6 is 0 Å². The monoisotopic (exact) mass is 308 g/mol. The highest BCUT2D eigenvalue weighted by Crippen LogP contribution is 2.26. The quantitative estimate of drug-likeness (QED) is 0.873. The van der Waals surface area contributed by atoms with E-state index < -0.39 is 0 Å². The fourth-order valence-corrected chi connectivity index (χ4v) is 2.98. The number of rotatable bonds is 3. The Hall–Kier alpha value is -2.20. The van der Waals surface area contributed by atoms with Crippen LogP contribution in [0, 0.1) is 13.8 Å². The van der Waals surface area contributed by atoms with Crippen molar-refractivity contribution in [3.05, 3.63) is 59.6 Å². The first-order valence-electron chi connectivity index (χ1n) is 8.08. The molecule has 1 aliphatic rings. The topological polar surface area (TPSA) is 32.3 Å². The number of pyridine rings is 2. The van der Waals surface area contributed by atoms with Crippen LogP contribution in [0.5, 0.6) is 0 Å². The van der Waals surface area contributed by atoms with Crippen molar-refractivity contribution in [3.63, 3.8) is 0 Å². The maximum Gasteiger partial charge on any atom is 0.129 e. The Morgan fingerprint density at radius 1 is 1.09 bits per heavy atom. The average molecular weight is 308 g/mol. The molecule has 0 spiro atoms. The highest BCUT2D eigenvalue weighted by molar-refractivity contribution is 5.80. The van der Waals surface area contributed by atoms with Gasteiger partial charge in [0, 0.05) is 49.3 Å². The van der Waals surface area contributed by atoms with E-state index in [4.69, 9.17) is 0 Å². The third-order valence-corrected chi connectivity index (χ3v) is 4.47. The molecule has 2 aromatic heterocycles. The lowest BCUT2D eigenvalue weighted by Crippen LogP contribution is -2.44. The number of hydrogen-bond acceptors (Lipinski definition) is 4. The molecule has 1 saturated heterocycles. The normalized spacial score (nSPS) is 15.7. The van der Waals surface area contributed by atoms with Gasteiger partial charge in [0.1, 0.15) is 5.82 Å². The van der Waals surface area contributed by atoms with E-state index in [0.29, 0.717) is 0 Å². The number of hydrogen-bond donors (Lipinski definition) is 0. The Labute approximate surface area is 138 Å². The van der Waals surface area contributed by atoms with Crippen molar-refractivity contribution in [2.45, 2.75) is 13.8 Å². The van der Waals surface area contributed by atoms with E-state index in [1.165, 1.54) is 0 Å². The molecule has 0 atom stereocenters. The summed E-state index contributed by atoms with van der Waals surface area (Å²) in [5.74, 6) is 1.04. The molecule has 0 amide bonds. The van der Waals surface area contributed by atoms with Crippen molar-refractivity contribution in [1.82, 2.24) is 14.9 Å². The van der Waals surface area contributed by atoms with E-state index >= 15 is 0 Å². The molecule has 4 heteroatoms. The van der Waals surface area contributed by atoms with Gasteiger partial charge in [-0.1, -0.05) is 12.6 Å². The number of nitrogens with zero attached hydrogens (tertiary/aromatic N) is 4. The zero-order chi connectivity index (χ0) is 16.4. The van der Waals surface area contributed by atoms with Crippen LogP contribution in [0.25, 0.3) is 5.57 Å². The number of likely N-dealkylation sites (N-methyl/N-ethyl adjacent to an activating group) is 1. The molecule has 3 rings (SSSR count). The molecule has 4 nitrogen and oxygen atoms in total. The average Bonchev–Trinajstić information content (AvgIpc) is 2.55. The van der Waals surface area contributed by atoms with Gasteiger partial charge < -0.3 is 9.80 Å². The summed E-state index contributed by atoms with van der Waals surface area (Å²) < 4.78 is 0. The van der Waals surface area contributed by atoms with Crippen LogP contribution in [0.2, 0.25) is 0 Å². The highest BCUT2D eigenvalue weighted by Gasteiger charge is 2.16. The van der Waals surface area contributed by atoms with Crippen molar-refractivity contribution in [3.8, 4) is 0 Å². The maximum atomic E-state index is 4.55. The molecule has 0 aromatic carbocycles. The Balaban J connectivity index is 1.85. The van der Waals surface area contributed by atoms with Gasteiger partial charge >= 0.3 is 0 Å². The molecule has 23 heavy (non-hydrogen) atoms. The molecule has 0 saturated carbocycles. The van der Waals surface area contributed by atoms with E-state index in [2.05, 4.69) is 45.5 Å². The van der Waals surface area contributed by atoms with Crippen molar-refractivity contribution >= 4 is 11.4 Å². The zero-order valence-electron chi connectivity index (χ0n) is 14.2. The lowest BCUT2D eigenvalue weighted by atomic mass is 9.99. The maximum absolute atomic E-state index is 4.55. The summed E-state index contributed by atoms with van der Waals surface area (Å²) in [6, 6.07) is 8.32. The van der Waals surface area contributed by atoms with Crippen molar-refractivity contribution in [2.75, 3.05) is 38.1 Å². The standard InChI is InChI=1S/C19H24N4/c1-14-5-6-18(16(3)21-14)15(2)17-7-8-20-19(13-17)23-11-9-22(4)10-12-23/h5-8,13H,2,9-12H2,1,3-4H3. The zero-order valence-corrected chi connectivity index (χ0v) is 14.2. The van der Waals surface area contributed by atoms with Crippen LogP contribution < -0.4 is 4.90 Å². The van der Waals surface area contributed by atoms with Crippen LogP contribution in [0.15, 0.2) is 37.0 Å². The summed E-state index contributed by atoms with van der Waals surface area (Å²) >= 11 is 0. The minimum absolute atomic E-state index is 1.01. The molecule has 0 aliphatic carbocycles. The number of aromatic nitrogens is 2. The predicted molar refractivity (Wildman–Crippen MR) is 95.8 cm³/mol. The summed E-state index contributed by atoms with van der Waals surface area (Å²) in [7, 11) is 2.16. The van der Waals surface area contributed by atoms with E-state index in [9.17, 15) is 0 Å². The number of anilines is 1. The minimum atomic E-state index is 1.01. The molecule has 2 aromatic rings. The Kier molecular flexibility index (Phi) is 4.44. The van der Waals surface area contributed by atoms with Gasteiger partial charge in [0.25, 0.3) is 0 Å². The largest absolute Gasteiger partial charge is 0.354 e. The lowest BCUT2D eigenvalue weighted by molar-refractivity contribution is 0.312. The van der Waals surface area contributed by atoms with E-state index in [1.54, 1.807) is 0 Å². The molecule has 0 N–H and O–H groups in total. The number of aryl methyl sites for hydroxylation is 2. The van der Waals surface area contributed by atoms with Crippen molar-refractivity contribution < 1.29 is 0 Å². The van der Waals surface area contributed by atoms with Gasteiger partial charge in [-0.15, -0.1) is 0 Å². The molecule has 0 bridgehead atoms. The fourth-order valence-electron chi connectivity index (χ4n) is 2.98. The molecule has 3 heterocycles. The molecular formula is C19H24N4. The van der Waals surface area contributed by atoms with Gasteiger partial charge in [0.2, 0.25) is 0 Å². The van der Waals surface area contributed by atoms with Crippen LogP contribution in [0.3, 0.4) is 0 Å². The van der Waals surface area contributed by atoms with Gasteiger partial charge in [-0.2, -0.15) is 0 Å². The number of piperazine rings is 1. The first-order chi connectivity index (χ1) is 11.0. The Morgan fingerprint density at radius 2 is 1.83 bits per heavy atom. The van der Waals surface area contributed by atoms with E-state index in [-0.39, 0.29) is 0 Å². The minimum Gasteiger partial charge on any atom is -0.354 e. The second-order valence-corrected chi connectivity index (χ2v) is 6.26. The molecular weight excluding hydrogens is 284 g/mol. The third-order valence-electron chi connectivity index (χ3n) is 4.47. The third kappa shape index (κ3) is 3.42. The van der Waals surface area contributed by atoms with Crippen LogP contribution in [0.4, 0.5) is 5.82 Å². The summed E-state index contributed by atoms with van der Waals surface area (Å²) in [5.41, 5.74) is 5.28. The Morgan fingerprint density at radius 3 is 2.52 bits per heavy atom. The molecule has 1 aliphatic heterocycles. The van der Waals surface area contributed by atoms with Gasteiger partial charge in [-0.05, 0) is 50.2 Å². The van der Waals surface area contributed by atoms with Crippen LogP contribution in [0.1, 0.15) is 22.5 Å². The van der Waals surface area contributed by atoms with Crippen LogP contribution in [-0.2, 0) is 0 Å². The van der Waals surface area contributed by atoms with E-state index in [0.717, 1.165) is 60.1 Å². The molecule has 1 fully saturated rings. The summed E-state index contributed by atoms with van der Waals surface area (Å²) in [5, 5.41) is 0. The van der Waals surface area contributed by atoms with Crippen molar-refractivity contribution in [2.24, 2.45) is 0 Å². The van der Waals surface area contributed by atoms with E-state index in [1.807, 2.05) is 32.2 Å². The summed E-state index contributed by atoms with van der Waals surface area (Å²) in [6.07, 6.45) is 1.88. The van der Waals surface area contributed by atoms with Gasteiger partial charge in [-0.3, -0.25) is 4.98 Å². The summed E-state index contributed by atoms with van der Waals surface area (Å²) in [4.78, 5) is 13.8. The molecule has 0 unspecified atom stereocenters. The fraction of sp³-hybridized carbons (Fsp3) is 0.368. The lowest BCUT2D eigenvalue weighted by Gasteiger charge is -2.33. The van der Waals surface area contributed by atoms with Gasteiger partial charge in [0.05, 0.1) is 0 Å². The van der Waals surface area contributed by atoms with Crippen LogP contribution in [-0.4, -0.2) is 48.1 Å². The smallest absolute Gasteiger partial charge is 0.129 e. The molecule has 120 valence electrons. The highest BCUT2D eigenvalue weighted by atomic mass is 15.3.